The molecule has 0 spiro atoms. The lowest BCUT2D eigenvalue weighted by atomic mass is 10.1. The Morgan fingerprint density at radius 3 is 2.52 bits per heavy atom. The number of halogens is 1. The van der Waals surface area contributed by atoms with E-state index < -0.39 is 9.84 Å². The van der Waals surface area contributed by atoms with E-state index in [4.69, 9.17) is 0 Å². The Bertz CT molecular complexity index is 963. The summed E-state index contributed by atoms with van der Waals surface area (Å²) < 4.78 is 38.4. The lowest BCUT2D eigenvalue weighted by Gasteiger charge is -2.09. The molecular weight excluding hydrogens is 317 g/mol. The van der Waals surface area contributed by atoms with Crippen molar-refractivity contribution < 1.29 is 12.8 Å². The Morgan fingerprint density at radius 1 is 1.13 bits per heavy atom. The fourth-order valence-corrected chi connectivity index (χ4v) is 2.74. The minimum Gasteiger partial charge on any atom is -0.283 e. The molecule has 23 heavy (non-hydrogen) atoms. The van der Waals surface area contributed by atoms with Gasteiger partial charge in [-0.1, -0.05) is 12.1 Å². The second-order valence-corrected chi connectivity index (χ2v) is 7.25. The van der Waals surface area contributed by atoms with E-state index in [1.807, 2.05) is 0 Å². The highest BCUT2D eigenvalue weighted by Crippen LogP contribution is 2.24. The Morgan fingerprint density at radius 2 is 1.91 bits per heavy atom. The van der Waals surface area contributed by atoms with Crippen LogP contribution in [0.2, 0.25) is 0 Å². The van der Waals surface area contributed by atoms with Gasteiger partial charge in [0.25, 0.3) is 0 Å². The van der Waals surface area contributed by atoms with Crippen LogP contribution in [0.15, 0.2) is 53.9 Å². The van der Waals surface area contributed by atoms with Gasteiger partial charge in [-0.05, 0) is 30.7 Å². The maximum atomic E-state index is 13.8. The number of imidazole rings is 1. The quantitative estimate of drug-likeness (QED) is 0.740. The predicted molar refractivity (Wildman–Crippen MR) is 84.6 cm³/mol. The Balaban J connectivity index is 2.05. The lowest BCUT2D eigenvalue weighted by molar-refractivity contribution is 0.601. The van der Waals surface area contributed by atoms with Gasteiger partial charge in [0.05, 0.1) is 16.8 Å². The highest BCUT2D eigenvalue weighted by Gasteiger charge is 2.12. The molecule has 1 aromatic carbocycles. The summed E-state index contributed by atoms with van der Waals surface area (Å²) in [5.41, 5.74) is 1.90. The third-order valence-corrected chi connectivity index (χ3v) is 4.60. The maximum absolute atomic E-state index is 13.8. The van der Waals surface area contributed by atoms with Gasteiger partial charge >= 0.3 is 0 Å². The van der Waals surface area contributed by atoms with Crippen LogP contribution in [-0.4, -0.2) is 29.2 Å². The normalized spacial score (nSPS) is 11.6. The number of nitrogens with zero attached hydrogens (tertiary/aromatic N) is 3. The van der Waals surface area contributed by atoms with Crippen LogP contribution in [0.25, 0.3) is 17.1 Å². The minimum atomic E-state index is -3.30. The molecule has 3 rings (SSSR count). The summed E-state index contributed by atoms with van der Waals surface area (Å²) in [7, 11) is -3.30. The third-order valence-electron chi connectivity index (χ3n) is 3.50. The molecule has 0 bridgehead atoms. The molecule has 5 nitrogen and oxygen atoms in total. The van der Waals surface area contributed by atoms with E-state index in [0.29, 0.717) is 22.6 Å². The SMILES string of the molecule is Cc1ccc(-c2cncn2-c2ccc(S(C)(=O)=O)cn2)cc1F. The molecule has 0 amide bonds. The van der Waals surface area contributed by atoms with E-state index in [9.17, 15) is 12.8 Å². The fourth-order valence-electron chi connectivity index (χ4n) is 2.18. The fraction of sp³-hybridized carbons (Fsp3) is 0.125. The highest BCUT2D eigenvalue weighted by molar-refractivity contribution is 7.90. The monoisotopic (exact) mass is 331 g/mol. The van der Waals surface area contributed by atoms with Gasteiger partial charge in [0, 0.05) is 18.0 Å². The highest BCUT2D eigenvalue weighted by atomic mass is 32.2. The van der Waals surface area contributed by atoms with E-state index in [1.54, 1.807) is 42.2 Å². The largest absolute Gasteiger partial charge is 0.283 e. The lowest BCUT2D eigenvalue weighted by Crippen LogP contribution is -2.02. The first kappa shape index (κ1) is 15.4. The molecule has 2 aromatic heterocycles. The number of hydrogen-bond acceptors (Lipinski definition) is 4. The van der Waals surface area contributed by atoms with Crippen molar-refractivity contribution in [1.29, 1.82) is 0 Å². The van der Waals surface area contributed by atoms with E-state index in [1.165, 1.54) is 18.3 Å². The zero-order valence-corrected chi connectivity index (χ0v) is 13.4. The molecule has 3 aromatic rings. The van der Waals surface area contributed by atoms with Crippen molar-refractivity contribution >= 4 is 9.84 Å². The number of hydrogen-bond donors (Lipinski definition) is 0. The summed E-state index contributed by atoms with van der Waals surface area (Å²) in [6.45, 7) is 1.70. The zero-order valence-electron chi connectivity index (χ0n) is 12.6. The molecule has 2 heterocycles. The van der Waals surface area contributed by atoms with Crippen molar-refractivity contribution in [2.75, 3.05) is 6.26 Å². The second-order valence-electron chi connectivity index (χ2n) is 5.24. The van der Waals surface area contributed by atoms with Crippen LogP contribution >= 0.6 is 0 Å². The van der Waals surface area contributed by atoms with Crippen molar-refractivity contribution in [1.82, 2.24) is 14.5 Å². The summed E-state index contributed by atoms with van der Waals surface area (Å²) in [6.07, 6.45) is 5.58. The van der Waals surface area contributed by atoms with Crippen molar-refractivity contribution in [2.24, 2.45) is 0 Å². The van der Waals surface area contributed by atoms with Gasteiger partial charge < -0.3 is 0 Å². The predicted octanol–water partition coefficient (Wildman–Crippen LogP) is 2.79. The molecule has 118 valence electrons. The summed E-state index contributed by atoms with van der Waals surface area (Å²) in [5, 5.41) is 0. The van der Waals surface area contributed by atoms with Crippen LogP contribution in [0.1, 0.15) is 5.56 Å². The summed E-state index contributed by atoms with van der Waals surface area (Å²) in [6, 6.07) is 8.01. The topological polar surface area (TPSA) is 64.8 Å². The second kappa shape index (κ2) is 5.58. The molecule has 0 saturated heterocycles. The molecule has 7 heteroatoms. The van der Waals surface area contributed by atoms with Crippen LogP contribution in [-0.2, 0) is 9.84 Å². The summed E-state index contributed by atoms with van der Waals surface area (Å²) in [4.78, 5) is 8.39. The smallest absolute Gasteiger partial charge is 0.177 e. The van der Waals surface area contributed by atoms with Gasteiger partial charge in [0.1, 0.15) is 18.0 Å². The van der Waals surface area contributed by atoms with Gasteiger partial charge in [-0.3, -0.25) is 4.57 Å². The molecule has 0 unspecified atom stereocenters. The van der Waals surface area contributed by atoms with Gasteiger partial charge in [0.2, 0.25) is 0 Å². The molecule has 0 aliphatic rings. The van der Waals surface area contributed by atoms with Crippen LogP contribution in [0.5, 0.6) is 0 Å². The van der Waals surface area contributed by atoms with E-state index in [0.717, 1.165) is 6.26 Å². The average Bonchev–Trinajstić information content (AvgIpc) is 2.99. The molecule has 0 aliphatic heterocycles. The molecule has 0 fully saturated rings. The zero-order chi connectivity index (χ0) is 16.6. The average molecular weight is 331 g/mol. The van der Waals surface area contributed by atoms with E-state index in [-0.39, 0.29) is 10.7 Å². The number of pyridine rings is 1. The first-order chi connectivity index (χ1) is 10.9. The van der Waals surface area contributed by atoms with E-state index >= 15 is 0 Å². The molecule has 0 atom stereocenters. The van der Waals surface area contributed by atoms with Crippen molar-refractivity contribution in [3.05, 3.63) is 60.4 Å². The number of rotatable bonds is 3. The van der Waals surface area contributed by atoms with Gasteiger partial charge in [-0.15, -0.1) is 0 Å². The number of sulfone groups is 1. The Labute approximate surface area is 133 Å². The Kier molecular flexibility index (Phi) is 3.73. The van der Waals surface area contributed by atoms with Gasteiger partial charge in [-0.2, -0.15) is 0 Å². The molecule has 0 saturated carbocycles. The van der Waals surface area contributed by atoms with Crippen LogP contribution < -0.4 is 0 Å². The van der Waals surface area contributed by atoms with Crippen LogP contribution in [0.3, 0.4) is 0 Å². The van der Waals surface area contributed by atoms with Gasteiger partial charge in [0.15, 0.2) is 9.84 Å². The first-order valence-electron chi connectivity index (χ1n) is 6.81. The minimum absolute atomic E-state index is 0.143. The molecular formula is C16H14FN3O2S. The Hall–Kier alpha value is -2.54. The van der Waals surface area contributed by atoms with Gasteiger partial charge in [-0.25, -0.2) is 22.8 Å². The van der Waals surface area contributed by atoms with Crippen LogP contribution in [0.4, 0.5) is 4.39 Å². The standard InChI is InChI=1S/C16H14FN3O2S/c1-11-3-4-12(7-14(11)17)15-9-18-10-20(15)16-6-5-13(8-19-16)23(2,21)22/h3-10H,1-2H3. The number of aromatic nitrogens is 3. The van der Waals surface area contributed by atoms with Crippen LogP contribution in [0, 0.1) is 12.7 Å². The molecule has 0 N–H and O–H groups in total. The van der Waals surface area contributed by atoms with Crippen molar-refractivity contribution in [2.45, 2.75) is 11.8 Å². The number of benzene rings is 1. The summed E-state index contributed by atoms with van der Waals surface area (Å²) in [5.74, 6) is 0.210. The first-order valence-corrected chi connectivity index (χ1v) is 8.71. The molecule has 0 aliphatic carbocycles. The maximum Gasteiger partial charge on any atom is 0.177 e. The third kappa shape index (κ3) is 3.00. The number of aryl methyl sites for hydroxylation is 1. The summed E-state index contributed by atoms with van der Waals surface area (Å²) >= 11 is 0. The van der Waals surface area contributed by atoms with Crippen molar-refractivity contribution in [3.63, 3.8) is 0 Å². The molecule has 0 radical (unpaired) electrons. The van der Waals surface area contributed by atoms with Crippen molar-refractivity contribution in [3.8, 4) is 17.1 Å². The van der Waals surface area contributed by atoms with E-state index in [2.05, 4.69) is 9.97 Å².